The first-order valence-corrected chi connectivity index (χ1v) is 8.41. The third-order valence-corrected chi connectivity index (χ3v) is 4.55. The zero-order valence-corrected chi connectivity index (χ0v) is 15.0. The number of nitrogens with zero attached hydrogens (tertiary/aromatic N) is 3. The first-order valence-electron chi connectivity index (χ1n) is 8.03. The maximum absolute atomic E-state index is 6.22. The van der Waals surface area contributed by atoms with E-state index in [1.54, 1.807) is 20.3 Å². The first kappa shape index (κ1) is 17.0. The molecule has 1 saturated heterocycles. The molecule has 1 aromatic carbocycles. The summed E-state index contributed by atoms with van der Waals surface area (Å²) < 4.78 is 16.0. The number of benzene rings is 1. The standard InChI is InChI=1S/C17H22ClN3O3/c1-11-19-17(20-24-11)12-5-4-6-21(9-12)10-13-7-14(18)8-15(22-2)16(13)23-3/h7-8,12H,4-6,9-10H2,1-3H3/t12-/m0/s1. The fourth-order valence-electron chi connectivity index (χ4n) is 3.26. The number of piperidine rings is 1. The van der Waals surface area contributed by atoms with E-state index >= 15 is 0 Å². The smallest absolute Gasteiger partial charge is 0.223 e. The minimum absolute atomic E-state index is 0.295. The number of hydrogen-bond donors (Lipinski definition) is 0. The number of aryl methyl sites for hydroxylation is 1. The highest BCUT2D eigenvalue weighted by molar-refractivity contribution is 6.30. The van der Waals surface area contributed by atoms with Crippen LogP contribution in [0.4, 0.5) is 0 Å². The summed E-state index contributed by atoms with van der Waals surface area (Å²) in [6.45, 7) is 4.47. The summed E-state index contributed by atoms with van der Waals surface area (Å²) in [6, 6.07) is 3.70. The van der Waals surface area contributed by atoms with E-state index in [1.165, 1.54) is 0 Å². The van der Waals surface area contributed by atoms with Crippen LogP contribution in [0.15, 0.2) is 16.7 Å². The van der Waals surface area contributed by atoms with Crippen molar-refractivity contribution in [3.05, 3.63) is 34.4 Å². The van der Waals surface area contributed by atoms with Gasteiger partial charge in [0.25, 0.3) is 0 Å². The maximum atomic E-state index is 6.22. The Balaban J connectivity index is 1.77. The van der Waals surface area contributed by atoms with Crippen molar-refractivity contribution in [3.63, 3.8) is 0 Å². The van der Waals surface area contributed by atoms with Crippen molar-refractivity contribution in [2.75, 3.05) is 27.3 Å². The SMILES string of the molecule is COc1cc(Cl)cc(CN2CCC[C@H](c3noc(C)n3)C2)c1OC. The molecule has 1 fully saturated rings. The highest BCUT2D eigenvalue weighted by atomic mass is 35.5. The van der Waals surface area contributed by atoms with Crippen LogP contribution in [-0.4, -0.2) is 42.3 Å². The van der Waals surface area contributed by atoms with Gasteiger partial charge in [-0.3, -0.25) is 4.90 Å². The molecule has 0 spiro atoms. The molecule has 1 aliphatic heterocycles. The van der Waals surface area contributed by atoms with Crippen LogP contribution in [-0.2, 0) is 6.54 Å². The molecule has 2 aromatic rings. The highest BCUT2D eigenvalue weighted by Crippen LogP contribution is 2.36. The molecule has 2 heterocycles. The number of rotatable bonds is 5. The fraction of sp³-hybridized carbons (Fsp3) is 0.529. The van der Waals surface area contributed by atoms with Crippen molar-refractivity contribution < 1.29 is 14.0 Å². The molecular weight excluding hydrogens is 330 g/mol. The number of hydrogen-bond acceptors (Lipinski definition) is 6. The average molecular weight is 352 g/mol. The molecule has 1 atom stereocenters. The third-order valence-electron chi connectivity index (χ3n) is 4.33. The van der Waals surface area contributed by atoms with Crippen LogP contribution in [0, 0.1) is 6.92 Å². The second-order valence-electron chi connectivity index (χ2n) is 6.05. The molecule has 0 bridgehead atoms. The largest absolute Gasteiger partial charge is 0.493 e. The Morgan fingerprint density at radius 1 is 1.33 bits per heavy atom. The highest BCUT2D eigenvalue weighted by Gasteiger charge is 2.26. The Bertz CT molecular complexity index is 704. The van der Waals surface area contributed by atoms with Crippen molar-refractivity contribution in [2.24, 2.45) is 0 Å². The molecule has 3 rings (SSSR count). The Labute approximate surface area is 146 Å². The predicted octanol–water partition coefficient (Wildman–Crippen LogP) is 3.43. The summed E-state index contributed by atoms with van der Waals surface area (Å²) in [7, 11) is 3.27. The lowest BCUT2D eigenvalue weighted by Gasteiger charge is -2.31. The van der Waals surface area contributed by atoms with E-state index in [0.29, 0.717) is 22.6 Å². The van der Waals surface area contributed by atoms with Gasteiger partial charge < -0.3 is 14.0 Å². The van der Waals surface area contributed by atoms with Crippen LogP contribution in [0.1, 0.15) is 36.0 Å². The Kier molecular flexibility index (Phi) is 5.26. The molecule has 1 aromatic heterocycles. The Morgan fingerprint density at radius 3 is 2.83 bits per heavy atom. The van der Waals surface area contributed by atoms with E-state index in [-0.39, 0.29) is 0 Å². The summed E-state index contributed by atoms with van der Waals surface area (Å²) in [6.07, 6.45) is 2.17. The van der Waals surface area contributed by atoms with E-state index in [9.17, 15) is 0 Å². The molecule has 0 N–H and O–H groups in total. The number of halogens is 1. The minimum atomic E-state index is 0.295. The molecule has 6 nitrogen and oxygen atoms in total. The van der Waals surface area contributed by atoms with Crippen molar-refractivity contribution in [2.45, 2.75) is 32.2 Å². The van der Waals surface area contributed by atoms with Crippen LogP contribution in [0.25, 0.3) is 0 Å². The summed E-state index contributed by atoms with van der Waals surface area (Å²) in [5.41, 5.74) is 1.02. The van der Waals surface area contributed by atoms with Gasteiger partial charge in [0, 0.05) is 42.6 Å². The number of methoxy groups -OCH3 is 2. The summed E-state index contributed by atoms with van der Waals surface area (Å²) >= 11 is 6.22. The van der Waals surface area contributed by atoms with Crippen LogP contribution >= 0.6 is 11.6 Å². The van der Waals surface area contributed by atoms with Gasteiger partial charge in [0.05, 0.1) is 14.2 Å². The molecule has 1 aliphatic rings. The number of likely N-dealkylation sites (tertiary alicyclic amines) is 1. The summed E-state index contributed by atoms with van der Waals surface area (Å²) in [4.78, 5) is 6.75. The third kappa shape index (κ3) is 3.65. The lowest BCUT2D eigenvalue weighted by molar-refractivity contribution is 0.192. The van der Waals surface area contributed by atoms with E-state index in [4.69, 9.17) is 25.6 Å². The quantitative estimate of drug-likeness (QED) is 0.822. The second kappa shape index (κ2) is 7.40. The van der Waals surface area contributed by atoms with Gasteiger partial charge in [-0.2, -0.15) is 4.98 Å². The molecule has 0 saturated carbocycles. The van der Waals surface area contributed by atoms with Gasteiger partial charge in [-0.25, -0.2) is 0 Å². The van der Waals surface area contributed by atoms with E-state index in [1.807, 2.05) is 13.0 Å². The van der Waals surface area contributed by atoms with Crippen molar-refractivity contribution >= 4 is 11.6 Å². The van der Waals surface area contributed by atoms with Crippen molar-refractivity contribution in [1.29, 1.82) is 0 Å². The van der Waals surface area contributed by atoms with Gasteiger partial charge in [0.1, 0.15) is 0 Å². The first-order chi connectivity index (χ1) is 11.6. The monoisotopic (exact) mass is 351 g/mol. The zero-order chi connectivity index (χ0) is 17.1. The van der Waals surface area contributed by atoms with Crippen LogP contribution in [0.3, 0.4) is 0 Å². The fourth-order valence-corrected chi connectivity index (χ4v) is 3.49. The zero-order valence-electron chi connectivity index (χ0n) is 14.2. The van der Waals surface area contributed by atoms with Crippen LogP contribution in [0.2, 0.25) is 5.02 Å². The van der Waals surface area contributed by atoms with E-state index < -0.39 is 0 Å². The van der Waals surface area contributed by atoms with E-state index in [2.05, 4.69) is 15.0 Å². The lowest BCUT2D eigenvalue weighted by atomic mass is 9.97. The molecule has 0 aliphatic carbocycles. The Morgan fingerprint density at radius 2 is 2.17 bits per heavy atom. The van der Waals surface area contributed by atoms with Gasteiger partial charge >= 0.3 is 0 Å². The normalized spacial score (nSPS) is 18.6. The molecule has 0 amide bonds. The molecule has 7 heteroatoms. The van der Waals surface area contributed by atoms with E-state index in [0.717, 1.165) is 49.6 Å². The number of aromatic nitrogens is 2. The van der Waals surface area contributed by atoms with Crippen LogP contribution in [0.5, 0.6) is 11.5 Å². The second-order valence-corrected chi connectivity index (χ2v) is 6.48. The molecule has 24 heavy (non-hydrogen) atoms. The van der Waals surface area contributed by atoms with Gasteiger partial charge in [-0.15, -0.1) is 0 Å². The Hall–Kier alpha value is -1.79. The van der Waals surface area contributed by atoms with Gasteiger partial charge in [-0.05, 0) is 25.5 Å². The van der Waals surface area contributed by atoms with Crippen molar-refractivity contribution in [1.82, 2.24) is 15.0 Å². The molecule has 0 radical (unpaired) electrons. The minimum Gasteiger partial charge on any atom is -0.493 e. The van der Waals surface area contributed by atoms with Gasteiger partial charge in [0.2, 0.25) is 5.89 Å². The molecule has 0 unspecified atom stereocenters. The van der Waals surface area contributed by atoms with Gasteiger partial charge in [0.15, 0.2) is 17.3 Å². The summed E-state index contributed by atoms with van der Waals surface area (Å²) in [5, 5.41) is 4.72. The van der Waals surface area contributed by atoms with Crippen molar-refractivity contribution in [3.8, 4) is 11.5 Å². The van der Waals surface area contributed by atoms with Gasteiger partial charge in [-0.1, -0.05) is 16.8 Å². The maximum Gasteiger partial charge on any atom is 0.223 e. The lowest BCUT2D eigenvalue weighted by Crippen LogP contribution is -2.34. The number of ether oxygens (including phenoxy) is 2. The molecular formula is C17H22ClN3O3. The average Bonchev–Trinajstić information content (AvgIpc) is 3.01. The predicted molar refractivity (Wildman–Crippen MR) is 90.8 cm³/mol. The summed E-state index contributed by atoms with van der Waals surface area (Å²) in [5.74, 6) is 3.10. The topological polar surface area (TPSA) is 60.6 Å². The molecule has 130 valence electrons. The van der Waals surface area contributed by atoms with Crippen LogP contribution < -0.4 is 9.47 Å².